The second kappa shape index (κ2) is 4.50. The fourth-order valence-corrected chi connectivity index (χ4v) is 2.05. The van der Waals surface area contributed by atoms with Crippen LogP contribution in [-0.2, 0) is 0 Å². The highest BCUT2D eigenvalue weighted by Gasteiger charge is 2.24. The zero-order chi connectivity index (χ0) is 12.5. The van der Waals surface area contributed by atoms with Gasteiger partial charge in [-0.05, 0) is 43.2 Å². The number of hydrogen-bond acceptors (Lipinski definition) is 1. The summed E-state index contributed by atoms with van der Waals surface area (Å²) >= 11 is 6.09. The maximum Gasteiger partial charge on any atom is 0.253 e. The number of nitrogens with one attached hydrogen (secondary N) is 1. The predicted molar refractivity (Wildman–Crippen MR) is 71.3 cm³/mol. The Morgan fingerprint density at radius 2 is 2.00 bits per heavy atom. The van der Waals surface area contributed by atoms with Gasteiger partial charge in [-0.1, -0.05) is 11.6 Å². The first-order valence-corrected chi connectivity index (χ1v) is 6.35. The molecule has 1 aromatic carbocycles. The molecule has 0 aliphatic heterocycles. The number of nitrogens with zero attached hydrogens (tertiary/aromatic N) is 1. The summed E-state index contributed by atoms with van der Waals surface area (Å²) in [5.74, 6) is -0.0866. The van der Waals surface area contributed by atoms with Crippen molar-refractivity contribution in [2.75, 3.05) is 0 Å². The molecular formula is C14H13ClN2O. The molecule has 1 fully saturated rings. The van der Waals surface area contributed by atoms with Crippen LogP contribution in [0.3, 0.4) is 0 Å². The fourth-order valence-electron chi connectivity index (χ4n) is 1.85. The number of rotatable bonds is 3. The van der Waals surface area contributed by atoms with Crippen LogP contribution in [0.4, 0.5) is 0 Å². The lowest BCUT2D eigenvalue weighted by Crippen LogP contribution is -2.25. The number of hydrogen-bond donors (Lipinski definition) is 1. The smallest absolute Gasteiger partial charge is 0.253 e. The van der Waals surface area contributed by atoms with Crippen molar-refractivity contribution in [3.05, 3.63) is 53.3 Å². The van der Waals surface area contributed by atoms with E-state index >= 15 is 0 Å². The Labute approximate surface area is 110 Å². The number of carbonyl (C=O) groups is 1. The van der Waals surface area contributed by atoms with Gasteiger partial charge in [-0.15, -0.1) is 0 Å². The molecular weight excluding hydrogens is 248 g/mol. The average Bonchev–Trinajstić information content (AvgIpc) is 3.01. The van der Waals surface area contributed by atoms with Gasteiger partial charge in [0, 0.05) is 24.1 Å². The lowest BCUT2D eigenvalue weighted by atomic mass is 10.2. The Morgan fingerprint density at radius 3 is 2.67 bits per heavy atom. The van der Waals surface area contributed by atoms with Gasteiger partial charge in [0.05, 0.1) is 10.6 Å². The molecule has 1 amide bonds. The van der Waals surface area contributed by atoms with Crippen molar-refractivity contribution in [2.24, 2.45) is 0 Å². The first-order chi connectivity index (χ1) is 8.74. The molecule has 0 atom stereocenters. The summed E-state index contributed by atoms with van der Waals surface area (Å²) in [5, 5.41) is 3.44. The maximum absolute atomic E-state index is 12.0. The van der Waals surface area contributed by atoms with Crippen LogP contribution in [0, 0.1) is 0 Å². The second-order valence-corrected chi connectivity index (χ2v) is 4.91. The quantitative estimate of drug-likeness (QED) is 0.904. The van der Waals surface area contributed by atoms with Gasteiger partial charge in [-0.25, -0.2) is 0 Å². The minimum absolute atomic E-state index is 0.0866. The van der Waals surface area contributed by atoms with Gasteiger partial charge >= 0.3 is 0 Å². The minimum atomic E-state index is -0.0866. The first kappa shape index (κ1) is 11.4. The summed E-state index contributed by atoms with van der Waals surface area (Å²) in [5.41, 5.74) is 1.47. The van der Waals surface area contributed by atoms with Crippen molar-refractivity contribution < 1.29 is 4.79 Å². The fraction of sp³-hybridized carbons (Fsp3) is 0.214. The Morgan fingerprint density at radius 1 is 1.28 bits per heavy atom. The third kappa shape index (κ3) is 2.27. The number of carbonyl (C=O) groups excluding carboxylic acids is 1. The molecule has 1 heterocycles. The molecule has 0 radical (unpaired) electrons. The van der Waals surface area contributed by atoms with E-state index in [0.717, 1.165) is 18.5 Å². The molecule has 0 spiro atoms. The highest BCUT2D eigenvalue weighted by atomic mass is 35.5. The van der Waals surface area contributed by atoms with Crippen molar-refractivity contribution in [1.29, 1.82) is 0 Å². The molecule has 3 rings (SSSR count). The summed E-state index contributed by atoms with van der Waals surface area (Å²) in [7, 11) is 0. The monoisotopic (exact) mass is 260 g/mol. The highest BCUT2D eigenvalue weighted by Crippen LogP contribution is 2.23. The van der Waals surface area contributed by atoms with Crippen LogP contribution in [0.1, 0.15) is 23.2 Å². The number of benzene rings is 1. The van der Waals surface area contributed by atoms with E-state index in [1.54, 1.807) is 6.07 Å². The average molecular weight is 261 g/mol. The van der Waals surface area contributed by atoms with Gasteiger partial charge < -0.3 is 9.88 Å². The topological polar surface area (TPSA) is 34.0 Å². The van der Waals surface area contributed by atoms with Crippen molar-refractivity contribution in [3.63, 3.8) is 0 Å². The molecule has 0 bridgehead atoms. The maximum atomic E-state index is 12.0. The second-order valence-electron chi connectivity index (χ2n) is 4.50. The molecule has 0 unspecified atom stereocenters. The van der Waals surface area contributed by atoms with Crippen LogP contribution < -0.4 is 5.32 Å². The van der Waals surface area contributed by atoms with Gasteiger partial charge in [-0.3, -0.25) is 4.79 Å². The van der Waals surface area contributed by atoms with E-state index in [4.69, 9.17) is 11.6 Å². The van der Waals surface area contributed by atoms with Gasteiger partial charge in [0.15, 0.2) is 0 Å². The van der Waals surface area contributed by atoms with Gasteiger partial charge in [0.25, 0.3) is 5.91 Å². The summed E-state index contributed by atoms with van der Waals surface area (Å²) in [4.78, 5) is 12.0. The number of halogens is 1. The molecule has 0 saturated heterocycles. The molecule has 3 nitrogen and oxygen atoms in total. The molecule has 2 aromatic rings. The van der Waals surface area contributed by atoms with Crippen LogP contribution >= 0.6 is 11.6 Å². The van der Waals surface area contributed by atoms with Crippen LogP contribution in [0.2, 0.25) is 5.02 Å². The molecule has 92 valence electrons. The zero-order valence-electron chi connectivity index (χ0n) is 9.77. The molecule has 4 heteroatoms. The summed E-state index contributed by atoms with van der Waals surface area (Å²) in [6.45, 7) is 0. The SMILES string of the molecule is O=C(NC1CC1)c1cc(-n2cccc2)ccc1Cl. The van der Waals surface area contributed by atoms with Crippen molar-refractivity contribution in [2.45, 2.75) is 18.9 Å². The lowest BCUT2D eigenvalue weighted by Gasteiger charge is -2.09. The van der Waals surface area contributed by atoms with E-state index in [0.29, 0.717) is 16.6 Å². The molecule has 18 heavy (non-hydrogen) atoms. The number of amides is 1. The van der Waals surface area contributed by atoms with Crippen LogP contribution in [0.15, 0.2) is 42.7 Å². The van der Waals surface area contributed by atoms with Gasteiger partial charge in [0.1, 0.15) is 0 Å². The largest absolute Gasteiger partial charge is 0.349 e. The number of aromatic nitrogens is 1. The third-order valence-electron chi connectivity index (χ3n) is 3.01. The summed E-state index contributed by atoms with van der Waals surface area (Å²) < 4.78 is 1.95. The van der Waals surface area contributed by atoms with Crippen LogP contribution in [0.25, 0.3) is 5.69 Å². The van der Waals surface area contributed by atoms with Crippen molar-refractivity contribution >= 4 is 17.5 Å². The normalized spacial score (nSPS) is 14.5. The van der Waals surface area contributed by atoms with E-state index in [1.165, 1.54) is 0 Å². The standard InChI is InChI=1S/C14H13ClN2O/c15-13-6-5-11(17-7-1-2-8-17)9-12(13)14(18)16-10-3-4-10/h1-2,5-10H,3-4H2,(H,16,18). The molecule has 1 saturated carbocycles. The van der Waals surface area contributed by atoms with Crippen LogP contribution in [-0.4, -0.2) is 16.5 Å². The zero-order valence-corrected chi connectivity index (χ0v) is 10.5. The first-order valence-electron chi connectivity index (χ1n) is 5.98. The Kier molecular flexibility index (Phi) is 2.84. The van der Waals surface area contributed by atoms with E-state index in [1.807, 2.05) is 41.2 Å². The molecule has 1 aromatic heterocycles. The Bertz CT molecular complexity index is 573. The summed E-state index contributed by atoms with van der Waals surface area (Å²) in [6.07, 6.45) is 6.01. The third-order valence-corrected chi connectivity index (χ3v) is 3.34. The van der Waals surface area contributed by atoms with Gasteiger partial charge in [0.2, 0.25) is 0 Å². The van der Waals surface area contributed by atoms with E-state index < -0.39 is 0 Å². The van der Waals surface area contributed by atoms with Gasteiger partial charge in [-0.2, -0.15) is 0 Å². The molecule has 1 aliphatic rings. The van der Waals surface area contributed by atoms with E-state index in [-0.39, 0.29) is 5.91 Å². The summed E-state index contributed by atoms with van der Waals surface area (Å²) in [6, 6.07) is 9.70. The van der Waals surface area contributed by atoms with Crippen molar-refractivity contribution in [3.8, 4) is 5.69 Å². The van der Waals surface area contributed by atoms with E-state index in [2.05, 4.69) is 5.32 Å². The van der Waals surface area contributed by atoms with Crippen molar-refractivity contribution in [1.82, 2.24) is 9.88 Å². The minimum Gasteiger partial charge on any atom is -0.349 e. The molecule has 1 aliphatic carbocycles. The van der Waals surface area contributed by atoms with Crippen LogP contribution in [0.5, 0.6) is 0 Å². The predicted octanol–water partition coefficient (Wildman–Crippen LogP) is 3.02. The Hall–Kier alpha value is -1.74. The van der Waals surface area contributed by atoms with E-state index in [9.17, 15) is 4.79 Å². The lowest BCUT2D eigenvalue weighted by molar-refractivity contribution is 0.0951. The Balaban J connectivity index is 1.92. The highest BCUT2D eigenvalue weighted by molar-refractivity contribution is 6.33. The molecule has 1 N–H and O–H groups in total.